The van der Waals surface area contributed by atoms with E-state index >= 15 is 0 Å². The summed E-state index contributed by atoms with van der Waals surface area (Å²) in [6.45, 7) is 1.98. The third-order valence-corrected chi connectivity index (χ3v) is 3.07. The normalized spacial score (nSPS) is 10.3. The fourth-order valence-corrected chi connectivity index (χ4v) is 2.04. The number of amidine groups is 1. The molecule has 0 bridgehead atoms. The van der Waals surface area contributed by atoms with Gasteiger partial charge in [0.05, 0.1) is 5.56 Å². The Hall–Kier alpha value is -2.33. The van der Waals surface area contributed by atoms with E-state index in [0.29, 0.717) is 23.5 Å². The van der Waals surface area contributed by atoms with Crippen LogP contribution in [0.4, 0.5) is 0 Å². The summed E-state index contributed by atoms with van der Waals surface area (Å²) >= 11 is 0. The van der Waals surface area contributed by atoms with Crippen LogP contribution in [0.5, 0.6) is 11.5 Å². The first-order chi connectivity index (χ1) is 9.63. The average Bonchev–Trinajstić information content (AvgIpc) is 2.43. The number of ether oxygens (including phenoxy) is 1. The van der Waals surface area contributed by atoms with Crippen LogP contribution in [0.2, 0.25) is 0 Å². The van der Waals surface area contributed by atoms with E-state index in [1.165, 1.54) is 0 Å². The molecule has 0 aliphatic carbocycles. The van der Waals surface area contributed by atoms with Crippen molar-refractivity contribution < 1.29 is 9.84 Å². The van der Waals surface area contributed by atoms with Crippen molar-refractivity contribution in [3.05, 3.63) is 59.2 Å². The first-order valence-electron chi connectivity index (χ1n) is 6.44. The largest absolute Gasteiger partial charge is 0.456 e. The summed E-state index contributed by atoms with van der Waals surface area (Å²) in [7, 11) is 0. The zero-order chi connectivity index (χ0) is 14.5. The summed E-state index contributed by atoms with van der Waals surface area (Å²) < 4.78 is 5.95. The van der Waals surface area contributed by atoms with Crippen molar-refractivity contribution in [1.82, 2.24) is 0 Å². The minimum atomic E-state index is -0.0247. The minimum absolute atomic E-state index is 0.0247. The molecule has 0 aliphatic rings. The van der Waals surface area contributed by atoms with E-state index in [1.54, 1.807) is 6.07 Å². The molecule has 2 aromatic rings. The number of aryl methyl sites for hydroxylation is 1. The minimum Gasteiger partial charge on any atom is -0.456 e. The molecular formula is C16H18N2O2. The Balaban J connectivity index is 2.42. The van der Waals surface area contributed by atoms with Crippen LogP contribution in [0.3, 0.4) is 0 Å². The Kier molecular flexibility index (Phi) is 4.38. The van der Waals surface area contributed by atoms with Crippen molar-refractivity contribution in [1.29, 1.82) is 5.41 Å². The first kappa shape index (κ1) is 14.1. The molecule has 0 unspecified atom stereocenters. The lowest BCUT2D eigenvalue weighted by molar-refractivity contribution is 0.298. The maximum atomic E-state index is 9.10. The smallest absolute Gasteiger partial charge is 0.141 e. The molecule has 0 fully saturated rings. The molecule has 0 heterocycles. The topological polar surface area (TPSA) is 79.3 Å². The predicted molar refractivity (Wildman–Crippen MR) is 79.5 cm³/mol. The third kappa shape index (κ3) is 2.97. The zero-order valence-electron chi connectivity index (χ0n) is 11.4. The molecular weight excluding hydrogens is 252 g/mol. The molecule has 4 heteroatoms. The second kappa shape index (κ2) is 6.21. The molecule has 104 valence electrons. The van der Waals surface area contributed by atoms with E-state index in [1.807, 2.05) is 43.3 Å². The van der Waals surface area contributed by atoms with Crippen LogP contribution in [0.1, 0.15) is 16.7 Å². The Labute approximate surface area is 118 Å². The van der Waals surface area contributed by atoms with E-state index in [4.69, 9.17) is 21.0 Å². The van der Waals surface area contributed by atoms with E-state index in [0.717, 1.165) is 11.1 Å². The SMILES string of the molecule is Cc1cccc(C(=N)N)c1Oc1ccccc1CCO. The van der Waals surface area contributed by atoms with E-state index in [9.17, 15) is 0 Å². The quantitative estimate of drug-likeness (QED) is 0.577. The lowest BCUT2D eigenvalue weighted by atomic mass is 10.1. The standard InChI is InChI=1S/C16H18N2O2/c1-11-5-4-7-13(16(17)18)15(11)20-14-8-3-2-6-12(14)9-10-19/h2-8,19H,9-10H2,1H3,(H3,17,18). The molecule has 20 heavy (non-hydrogen) atoms. The third-order valence-electron chi connectivity index (χ3n) is 3.07. The maximum absolute atomic E-state index is 9.10. The highest BCUT2D eigenvalue weighted by atomic mass is 16.5. The van der Waals surface area contributed by atoms with Gasteiger partial charge in [0, 0.05) is 6.61 Å². The van der Waals surface area contributed by atoms with Crippen molar-refractivity contribution >= 4 is 5.84 Å². The average molecular weight is 270 g/mol. The fraction of sp³-hybridized carbons (Fsp3) is 0.188. The van der Waals surface area contributed by atoms with Crippen molar-refractivity contribution in [3.8, 4) is 11.5 Å². The molecule has 0 saturated heterocycles. The number of hydrogen-bond acceptors (Lipinski definition) is 3. The van der Waals surface area contributed by atoms with Crippen LogP contribution in [0, 0.1) is 12.3 Å². The number of nitrogens with two attached hydrogens (primary N) is 1. The van der Waals surface area contributed by atoms with Gasteiger partial charge >= 0.3 is 0 Å². The Morgan fingerprint density at radius 1 is 1.20 bits per heavy atom. The van der Waals surface area contributed by atoms with Gasteiger partial charge < -0.3 is 15.6 Å². The van der Waals surface area contributed by atoms with Gasteiger partial charge in [-0.25, -0.2) is 0 Å². The number of nitrogen functional groups attached to an aromatic ring is 1. The Bertz CT molecular complexity index is 624. The summed E-state index contributed by atoms with van der Waals surface area (Å²) in [5.41, 5.74) is 8.01. The second-order valence-electron chi connectivity index (χ2n) is 4.55. The highest BCUT2D eigenvalue weighted by Gasteiger charge is 2.12. The van der Waals surface area contributed by atoms with Gasteiger partial charge in [0.15, 0.2) is 0 Å². The molecule has 2 rings (SSSR count). The molecule has 0 atom stereocenters. The monoisotopic (exact) mass is 270 g/mol. The summed E-state index contributed by atoms with van der Waals surface area (Å²) in [6, 6.07) is 13.1. The maximum Gasteiger partial charge on any atom is 0.141 e. The summed E-state index contributed by atoms with van der Waals surface area (Å²) in [4.78, 5) is 0. The number of benzene rings is 2. The van der Waals surface area contributed by atoms with Crippen molar-refractivity contribution in [2.24, 2.45) is 5.73 Å². The van der Waals surface area contributed by atoms with Crippen molar-refractivity contribution in [2.45, 2.75) is 13.3 Å². The zero-order valence-corrected chi connectivity index (χ0v) is 11.4. The lowest BCUT2D eigenvalue weighted by Crippen LogP contribution is -2.13. The highest BCUT2D eigenvalue weighted by molar-refractivity contribution is 5.98. The Morgan fingerprint density at radius 2 is 1.95 bits per heavy atom. The van der Waals surface area contributed by atoms with Crippen LogP contribution in [-0.4, -0.2) is 17.5 Å². The Morgan fingerprint density at radius 3 is 2.65 bits per heavy atom. The molecule has 0 saturated carbocycles. The van der Waals surface area contributed by atoms with Gasteiger partial charge in [0.1, 0.15) is 17.3 Å². The van der Waals surface area contributed by atoms with Crippen LogP contribution in [-0.2, 0) is 6.42 Å². The first-order valence-corrected chi connectivity index (χ1v) is 6.44. The van der Waals surface area contributed by atoms with Gasteiger partial charge in [0.25, 0.3) is 0 Å². The molecule has 4 nitrogen and oxygen atoms in total. The van der Waals surface area contributed by atoms with Crippen LogP contribution >= 0.6 is 0 Å². The van der Waals surface area contributed by atoms with Crippen LogP contribution < -0.4 is 10.5 Å². The number of nitrogens with one attached hydrogen (secondary N) is 1. The van der Waals surface area contributed by atoms with Crippen LogP contribution in [0.15, 0.2) is 42.5 Å². The number of aliphatic hydroxyl groups is 1. The molecule has 0 amide bonds. The molecule has 2 aromatic carbocycles. The van der Waals surface area contributed by atoms with Crippen LogP contribution in [0.25, 0.3) is 0 Å². The van der Waals surface area contributed by atoms with Gasteiger partial charge in [-0.3, -0.25) is 5.41 Å². The fourth-order valence-electron chi connectivity index (χ4n) is 2.04. The molecule has 0 aliphatic heterocycles. The second-order valence-corrected chi connectivity index (χ2v) is 4.55. The van der Waals surface area contributed by atoms with Gasteiger partial charge in [-0.15, -0.1) is 0 Å². The van der Waals surface area contributed by atoms with E-state index < -0.39 is 0 Å². The predicted octanol–water partition coefficient (Wildman–Crippen LogP) is 2.61. The summed E-state index contributed by atoms with van der Waals surface area (Å²) in [5, 5.41) is 16.7. The lowest BCUT2D eigenvalue weighted by Gasteiger charge is -2.15. The van der Waals surface area contributed by atoms with Gasteiger partial charge in [-0.2, -0.15) is 0 Å². The number of rotatable bonds is 5. The number of para-hydroxylation sites is 2. The molecule has 4 N–H and O–H groups in total. The summed E-state index contributed by atoms with van der Waals surface area (Å²) in [6.07, 6.45) is 0.525. The number of aliphatic hydroxyl groups excluding tert-OH is 1. The van der Waals surface area contributed by atoms with E-state index in [2.05, 4.69) is 0 Å². The van der Waals surface area contributed by atoms with Gasteiger partial charge in [0.2, 0.25) is 0 Å². The summed E-state index contributed by atoms with van der Waals surface area (Å²) in [5.74, 6) is 1.24. The molecule has 0 radical (unpaired) electrons. The molecule has 0 aromatic heterocycles. The van der Waals surface area contributed by atoms with Gasteiger partial charge in [-0.05, 0) is 36.6 Å². The highest BCUT2D eigenvalue weighted by Crippen LogP contribution is 2.31. The van der Waals surface area contributed by atoms with Gasteiger partial charge in [-0.1, -0.05) is 30.3 Å². The van der Waals surface area contributed by atoms with Crippen molar-refractivity contribution in [3.63, 3.8) is 0 Å². The molecule has 0 spiro atoms. The van der Waals surface area contributed by atoms with Crippen molar-refractivity contribution in [2.75, 3.05) is 6.61 Å². The van der Waals surface area contributed by atoms with E-state index in [-0.39, 0.29) is 12.4 Å². The number of hydrogen-bond donors (Lipinski definition) is 3.